The Balaban J connectivity index is 3.28. The highest BCUT2D eigenvalue weighted by Crippen LogP contribution is 2.35. The SMILES string of the molecule is CCS(=O)(=O)C(Cl)(Br)C(=O)c1ccccc1F. The molecule has 0 aliphatic rings. The topological polar surface area (TPSA) is 51.2 Å². The number of ketones is 1. The second kappa shape index (κ2) is 5.04. The number of Topliss-reactive ketones (excluding diaryl/α,β-unsaturated/α-hetero) is 1. The number of benzene rings is 1. The van der Waals surface area contributed by atoms with Gasteiger partial charge < -0.3 is 0 Å². The van der Waals surface area contributed by atoms with Gasteiger partial charge in [-0.05, 0) is 28.1 Å². The Kier molecular flexibility index (Phi) is 4.33. The molecule has 3 nitrogen and oxygen atoms in total. The molecule has 1 unspecified atom stereocenters. The average molecular weight is 344 g/mol. The third-order valence-corrected chi connectivity index (χ3v) is 6.60. The Bertz CT molecular complexity index is 542. The van der Waals surface area contributed by atoms with Gasteiger partial charge in [0.1, 0.15) is 5.82 Å². The molecule has 1 aromatic rings. The number of carbonyl (C=O) groups excluding carboxylic acids is 1. The summed E-state index contributed by atoms with van der Waals surface area (Å²) in [5.41, 5.74) is -0.364. The zero-order valence-corrected chi connectivity index (χ0v) is 11.9. The Morgan fingerprint density at radius 1 is 1.47 bits per heavy atom. The molecular formula is C10H9BrClFO3S. The first-order valence-electron chi connectivity index (χ1n) is 4.63. The molecule has 1 atom stereocenters. The molecule has 7 heteroatoms. The van der Waals surface area contributed by atoms with Crippen LogP contribution in [0.4, 0.5) is 4.39 Å². The molecule has 0 spiro atoms. The van der Waals surface area contributed by atoms with Crippen LogP contribution in [0.25, 0.3) is 0 Å². The van der Waals surface area contributed by atoms with Crippen molar-refractivity contribution >= 4 is 43.2 Å². The number of sulfone groups is 1. The van der Waals surface area contributed by atoms with Crippen LogP contribution in [-0.4, -0.2) is 23.1 Å². The van der Waals surface area contributed by atoms with E-state index in [4.69, 9.17) is 11.6 Å². The molecule has 0 fully saturated rings. The van der Waals surface area contributed by atoms with E-state index >= 15 is 0 Å². The standard InChI is InChI=1S/C10H9BrClFO3S/c1-2-17(15,16)10(11,12)9(14)7-5-3-4-6-8(7)13/h3-6H,2H2,1H3. The fraction of sp³-hybridized carbons (Fsp3) is 0.300. The molecule has 0 aliphatic heterocycles. The van der Waals surface area contributed by atoms with E-state index in [1.165, 1.54) is 25.1 Å². The van der Waals surface area contributed by atoms with E-state index in [0.29, 0.717) is 0 Å². The smallest absolute Gasteiger partial charge is 0.261 e. The summed E-state index contributed by atoms with van der Waals surface area (Å²) in [7, 11) is -3.90. The predicted octanol–water partition coefficient (Wildman–Crippen LogP) is 2.73. The third-order valence-electron chi connectivity index (χ3n) is 2.15. The van der Waals surface area contributed by atoms with E-state index in [1.54, 1.807) is 0 Å². The Morgan fingerprint density at radius 3 is 2.47 bits per heavy atom. The molecule has 0 saturated carbocycles. The highest BCUT2D eigenvalue weighted by Gasteiger charge is 2.46. The largest absolute Gasteiger partial charge is 0.290 e. The molecule has 0 saturated heterocycles. The van der Waals surface area contributed by atoms with Gasteiger partial charge in [-0.3, -0.25) is 4.79 Å². The summed E-state index contributed by atoms with van der Waals surface area (Å²) in [4.78, 5) is 11.9. The van der Waals surface area contributed by atoms with Gasteiger partial charge in [0, 0.05) is 0 Å². The second-order valence-electron chi connectivity index (χ2n) is 3.23. The summed E-state index contributed by atoms with van der Waals surface area (Å²) in [5.74, 6) is -2.17. The molecule has 0 radical (unpaired) electrons. The van der Waals surface area contributed by atoms with E-state index in [9.17, 15) is 17.6 Å². The zero-order chi connectivity index (χ0) is 13.3. The van der Waals surface area contributed by atoms with Gasteiger partial charge in [0.15, 0.2) is 9.84 Å². The number of carbonyl (C=O) groups is 1. The molecule has 0 bridgehead atoms. The average Bonchev–Trinajstić information content (AvgIpc) is 2.28. The normalized spacial score (nSPS) is 15.3. The number of alkyl halides is 2. The summed E-state index contributed by atoms with van der Waals surface area (Å²) in [6.45, 7) is 1.35. The van der Waals surface area contributed by atoms with Crippen LogP contribution in [0.3, 0.4) is 0 Å². The van der Waals surface area contributed by atoms with Gasteiger partial charge in [0.2, 0.25) is 5.78 Å². The minimum atomic E-state index is -3.90. The van der Waals surface area contributed by atoms with Gasteiger partial charge in [-0.15, -0.1) is 0 Å². The van der Waals surface area contributed by atoms with Gasteiger partial charge in [-0.1, -0.05) is 30.7 Å². The Labute approximate surface area is 112 Å². The Hall–Kier alpha value is -0.460. The Morgan fingerprint density at radius 2 is 2.00 bits per heavy atom. The van der Waals surface area contributed by atoms with E-state index in [-0.39, 0.29) is 11.3 Å². The van der Waals surface area contributed by atoms with E-state index < -0.39 is 24.6 Å². The molecule has 0 amide bonds. The molecule has 1 rings (SSSR count). The summed E-state index contributed by atoms with van der Waals surface area (Å²) < 4.78 is 34.3. The predicted molar refractivity (Wildman–Crippen MR) is 67.7 cm³/mol. The molecular weight excluding hydrogens is 335 g/mol. The second-order valence-corrected chi connectivity index (χ2v) is 8.61. The lowest BCUT2D eigenvalue weighted by molar-refractivity contribution is 0.0996. The molecule has 0 aliphatic carbocycles. The first-order valence-corrected chi connectivity index (χ1v) is 7.45. The van der Waals surface area contributed by atoms with Crippen molar-refractivity contribution in [2.75, 3.05) is 5.75 Å². The monoisotopic (exact) mass is 342 g/mol. The van der Waals surface area contributed by atoms with Crippen LogP contribution in [0.5, 0.6) is 0 Å². The summed E-state index contributed by atoms with van der Waals surface area (Å²) in [6.07, 6.45) is 0. The number of hydrogen-bond donors (Lipinski definition) is 0. The van der Waals surface area contributed by atoms with Crippen LogP contribution in [-0.2, 0) is 9.84 Å². The van der Waals surface area contributed by atoms with Gasteiger partial charge in [-0.2, -0.15) is 0 Å². The van der Waals surface area contributed by atoms with Crippen molar-refractivity contribution in [2.45, 2.75) is 10.0 Å². The van der Waals surface area contributed by atoms with Gasteiger partial charge in [0.25, 0.3) is 3.12 Å². The molecule has 17 heavy (non-hydrogen) atoms. The van der Waals surface area contributed by atoms with E-state index in [2.05, 4.69) is 15.9 Å². The lowest BCUT2D eigenvalue weighted by atomic mass is 10.1. The van der Waals surface area contributed by atoms with Crippen molar-refractivity contribution in [3.63, 3.8) is 0 Å². The van der Waals surface area contributed by atoms with Crippen LogP contribution in [0, 0.1) is 5.82 Å². The molecule has 0 aromatic heterocycles. The lowest BCUT2D eigenvalue weighted by Crippen LogP contribution is -2.36. The van der Waals surface area contributed by atoms with Crippen molar-refractivity contribution in [2.24, 2.45) is 0 Å². The maximum atomic E-state index is 13.4. The van der Waals surface area contributed by atoms with Crippen molar-refractivity contribution in [1.29, 1.82) is 0 Å². The van der Waals surface area contributed by atoms with Crippen LogP contribution in [0.15, 0.2) is 24.3 Å². The molecule has 1 aromatic carbocycles. The van der Waals surface area contributed by atoms with Crippen molar-refractivity contribution < 1.29 is 17.6 Å². The molecule has 0 N–H and O–H groups in total. The number of rotatable bonds is 4. The highest BCUT2D eigenvalue weighted by atomic mass is 79.9. The first-order chi connectivity index (χ1) is 7.74. The fourth-order valence-electron chi connectivity index (χ4n) is 1.12. The van der Waals surface area contributed by atoms with Gasteiger partial charge in [0.05, 0.1) is 11.3 Å². The minimum absolute atomic E-state index is 0.331. The van der Waals surface area contributed by atoms with Crippen LogP contribution < -0.4 is 0 Å². The maximum Gasteiger partial charge on any atom is 0.261 e. The summed E-state index contributed by atoms with van der Waals surface area (Å²) >= 11 is 8.36. The molecule has 0 heterocycles. The van der Waals surface area contributed by atoms with Gasteiger partial charge >= 0.3 is 0 Å². The van der Waals surface area contributed by atoms with Crippen molar-refractivity contribution in [3.8, 4) is 0 Å². The summed E-state index contributed by atoms with van der Waals surface area (Å²) in [6, 6.07) is 5.06. The minimum Gasteiger partial charge on any atom is -0.290 e. The molecule has 94 valence electrons. The van der Waals surface area contributed by atoms with E-state index in [1.807, 2.05) is 0 Å². The van der Waals surface area contributed by atoms with Crippen LogP contribution in [0.1, 0.15) is 17.3 Å². The fourth-order valence-corrected chi connectivity index (χ4v) is 3.21. The first kappa shape index (κ1) is 14.6. The van der Waals surface area contributed by atoms with Crippen molar-refractivity contribution in [3.05, 3.63) is 35.6 Å². The quantitative estimate of drug-likeness (QED) is 0.624. The third kappa shape index (κ3) is 2.69. The zero-order valence-electron chi connectivity index (χ0n) is 8.78. The number of halogens is 3. The van der Waals surface area contributed by atoms with Crippen molar-refractivity contribution in [1.82, 2.24) is 0 Å². The highest BCUT2D eigenvalue weighted by molar-refractivity contribution is 9.12. The summed E-state index contributed by atoms with van der Waals surface area (Å²) in [5, 5.41) is 0. The van der Waals surface area contributed by atoms with Gasteiger partial charge in [-0.25, -0.2) is 12.8 Å². The van der Waals surface area contributed by atoms with E-state index in [0.717, 1.165) is 6.07 Å². The van der Waals surface area contributed by atoms with Crippen LogP contribution in [0.2, 0.25) is 0 Å². The number of hydrogen-bond acceptors (Lipinski definition) is 3. The maximum absolute atomic E-state index is 13.4. The van der Waals surface area contributed by atoms with Crippen LogP contribution >= 0.6 is 27.5 Å². The lowest BCUT2D eigenvalue weighted by Gasteiger charge is -2.18.